The highest BCUT2D eigenvalue weighted by molar-refractivity contribution is 5.91. The third-order valence-electron chi connectivity index (χ3n) is 6.20. The van der Waals surface area contributed by atoms with Crippen LogP contribution in [0.5, 0.6) is 5.75 Å². The van der Waals surface area contributed by atoms with E-state index < -0.39 is 5.41 Å². The van der Waals surface area contributed by atoms with Crippen LogP contribution in [-0.2, 0) is 16.8 Å². The molecular weight excluding hydrogens is 366 g/mol. The summed E-state index contributed by atoms with van der Waals surface area (Å²) in [5.74, 6) is 1.49. The molecule has 1 atom stereocenters. The molecule has 6 heteroatoms. The zero-order chi connectivity index (χ0) is 20.6. The molecule has 2 saturated carbocycles. The molecule has 0 unspecified atom stereocenters. The van der Waals surface area contributed by atoms with Crippen LogP contribution in [0, 0.1) is 5.92 Å². The normalized spacial score (nSPS) is 18.3. The Morgan fingerprint density at radius 2 is 1.90 bits per heavy atom. The lowest BCUT2D eigenvalue weighted by Crippen LogP contribution is -2.47. The number of aromatic nitrogens is 2. The summed E-state index contributed by atoms with van der Waals surface area (Å²) in [6.45, 7) is 4.52. The van der Waals surface area contributed by atoms with Crippen LogP contribution in [0.2, 0.25) is 0 Å². The molecule has 1 N–H and O–H groups in total. The summed E-state index contributed by atoms with van der Waals surface area (Å²) in [5.41, 5.74) is 1.42. The number of benzene rings is 1. The Labute approximate surface area is 171 Å². The van der Waals surface area contributed by atoms with Crippen LogP contribution in [0.1, 0.15) is 56.7 Å². The predicted octanol–water partition coefficient (Wildman–Crippen LogP) is 3.00. The van der Waals surface area contributed by atoms with Gasteiger partial charge in [0.15, 0.2) is 0 Å². The third kappa shape index (κ3) is 4.07. The fourth-order valence-corrected chi connectivity index (χ4v) is 3.79. The number of amides is 1. The highest BCUT2D eigenvalue weighted by atomic mass is 16.5. The number of nitrogens with one attached hydrogen (secondary N) is 1. The maximum atomic E-state index is 13.2. The van der Waals surface area contributed by atoms with Gasteiger partial charge in [-0.15, -0.1) is 0 Å². The fourth-order valence-electron chi connectivity index (χ4n) is 3.79. The van der Waals surface area contributed by atoms with Crippen molar-refractivity contribution in [3.8, 4) is 5.75 Å². The van der Waals surface area contributed by atoms with E-state index in [4.69, 9.17) is 4.74 Å². The van der Waals surface area contributed by atoms with Gasteiger partial charge >= 0.3 is 0 Å². The van der Waals surface area contributed by atoms with Gasteiger partial charge in [0.25, 0.3) is 5.56 Å². The molecule has 0 aliphatic heterocycles. The molecule has 1 aromatic carbocycles. The van der Waals surface area contributed by atoms with E-state index in [1.807, 2.05) is 30.3 Å². The smallest absolute Gasteiger partial charge is 0.266 e. The molecule has 0 spiro atoms. The van der Waals surface area contributed by atoms with E-state index in [9.17, 15) is 9.59 Å². The summed E-state index contributed by atoms with van der Waals surface area (Å²) >= 11 is 0. The summed E-state index contributed by atoms with van der Waals surface area (Å²) < 4.78 is 6.75. The topological polar surface area (TPSA) is 73.2 Å². The Kier molecular flexibility index (Phi) is 5.19. The van der Waals surface area contributed by atoms with Crippen molar-refractivity contribution in [1.29, 1.82) is 0 Å². The maximum Gasteiger partial charge on any atom is 0.266 e. The number of nitrogens with zero attached hydrogens (tertiary/aromatic N) is 2. The lowest BCUT2D eigenvalue weighted by Gasteiger charge is -2.26. The van der Waals surface area contributed by atoms with Gasteiger partial charge in [-0.2, -0.15) is 5.10 Å². The highest BCUT2D eigenvalue weighted by Gasteiger charge is 2.51. The maximum absolute atomic E-state index is 13.2. The lowest BCUT2D eigenvalue weighted by atomic mass is 9.93. The van der Waals surface area contributed by atoms with Gasteiger partial charge in [-0.05, 0) is 55.4 Å². The molecule has 0 bridgehead atoms. The van der Waals surface area contributed by atoms with Gasteiger partial charge < -0.3 is 10.1 Å². The quantitative estimate of drug-likeness (QED) is 0.746. The molecule has 154 valence electrons. The van der Waals surface area contributed by atoms with E-state index >= 15 is 0 Å². The molecule has 2 aliphatic carbocycles. The molecule has 2 aliphatic rings. The molecule has 4 rings (SSSR count). The lowest BCUT2D eigenvalue weighted by molar-refractivity contribution is -0.124. The van der Waals surface area contributed by atoms with Crippen LogP contribution >= 0.6 is 0 Å². The number of hydrogen-bond acceptors (Lipinski definition) is 4. The molecule has 1 aromatic heterocycles. The Morgan fingerprint density at radius 1 is 1.21 bits per heavy atom. The Bertz CT molecular complexity index is 941. The van der Waals surface area contributed by atoms with Crippen molar-refractivity contribution >= 4 is 5.91 Å². The van der Waals surface area contributed by atoms with E-state index in [0.717, 1.165) is 42.7 Å². The van der Waals surface area contributed by atoms with Gasteiger partial charge in [-0.1, -0.05) is 26.0 Å². The van der Waals surface area contributed by atoms with Crippen LogP contribution in [0.25, 0.3) is 0 Å². The molecule has 0 radical (unpaired) electrons. The largest absolute Gasteiger partial charge is 0.497 e. The van der Waals surface area contributed by atoms with Gasteiger partial charge in [0.05, 0.1) is 30.8 Å². The fraction of sp³-hybridized carbons (Fsp3) is 0.522. The molecule has 29 heavy (non-hydrogen) atoms. The van der Waals surface area contributed by atoms with Crippen molar-refractivity contribution in [3.05, 3.63) is 58.0 Å². The SMILES string of the molecule is COc1ccc(C2(C(=O)N[C@@H](Cn3nc(C4CC4)ccc3=O)C(C)C)CC2)cc1. The van der Waals surface area contributed by atoms with Crippen molar-refractivity contribution in [2.24, 2.45) is 5.92 Å². The minimum atomic E-state index is -0.465. The minimum Gasteiger partial charge on any atom is -0.497 e. The minimum absolute atomic E-state index is 0.0350. The average Bonchev–Trinajstić information content (AvgIpc) is 3.62. The average molecular weight is 396 g/mol. The third-order valence-corrected chi connectivity index (χ3v) is 6.20. The van der Waals surface area contributed by atoms with E-state index in [-0.39, 0.29) is 23.4 Å². The van der Waals surface area contributed by atoms with Crippen molar-refractivity contribution in [2.45, 2.75) is 63.5 Å². The van der Waals surface area contributed by atoms with Gasteiger partial charge in [-0.3, -0.25) is 9.59 Å². The second-order valence-corrected chi connectivity index (χ2v) is 8.69. The number of rotatable bonds is 8. The number of carbonyl (C=O) groups excluding carboxylic acids is 1. The summed E-state index contributed by atoms with van der Waals surface area (Å²) in [7, 11) is 1.63. The van der Waals surface area contributed by atoms with Crippen molar-refractivity contribution in [2.75, 3.05) is 7.11 Å². The zero-order valence-corrected chi connectivity index (χ0v) is 17.4. The molecular formula is C23H29N3O3. The first kappa shape index (κ1) is 19.7. The van der Waals surface area contributed by atoms with Crippen LogP contribution < -0.4 is 15.6 Å². The van der Waals surface area contributed by atoms with Crippen LogP contribution in [0.3, 0.4) is 0 Å². The van der Waals surface area contributed by atoms with Crippen LogP contribution in [0.15, 0.2) is 41.2 Å². The van der Waals surface area contributed by atoms with Crippen molar-refractivity contribution in [3.63, 3.8) is 0 Å². The standard InChI is InChI=1S/C23H29N3O3/c1-15(2)20(14-26-21(27)11-10-19(25-26)16-4-5-16)24-22(28)23(12-13-23)17-6-8-18(29-3)9-7-17/h6-11,15-16,20H,4-5,12-14H2,1-3H3,(H,24,28)/t20-/m0/s1. The number of hydrogen-bond donors (Lipinski definition) is 1. The predicted molar refractivity (Wildman–Crippen MR) is 111 cm³/mol. The van der Waals surface area contributed by atoms with Gasteiger partial charge in [0, 0.05) is 12.0 Å². The van der Waals surface area contributed by atoms with Crippen LogP contribution in [0.4, 0.5) is 0 Å². The van der Waals surface area contributed by atoms with Gasteiger partial charge in [0.2, 0.25) is 5.91 Å². The number of methoxy groups -OCH3 is 1. The van der Waals surface area contributed by atoms with Gasteiger partial charge in [0.1, 0.15) is 5.75 Å². The summed E-state index contributed by atoms with van der Waals surface area (Å²) in [5, 5.41) is 7.77. The summed E-state index contributed by atoms with van der Waals surface area (Å²) in [6.07, 6.45) is 3.95. The second-order valence-electron chi connectivity index (χ2n) is 8.69. The van der Waals surface area contributed by atoms with Crippen molar-refractivity contribution < 1.29 is 9.53 Å². The van der Waals surface area contributed by atoms with E-state index in [1.54, 1.807) is 13.2 Å². The molecule has 1 amide bonds. The molecule has 6 nitrogen and oxygen atoms in total. The second kappa shape index (κ2) is 7.65. The van der Waals surface area contributed by atoms with Gasteiger partial charge in [-0.25, -0.2) is 4.68 Å². The summed E-state index contributed by atoms with van der Waals surface area (Å²) in [4.78, 5) is 25.5. The first-order valence-electron chi connectivity index (χ1n) is 10.5. The Balaban J connectivity index is 1.50. The first-order chi connectivity index (χ1) is 13.9. The summed E-state index contributed by atoms with van der Waals surface area (Å²) in [6, 6.07) is 11.0. The molecule has 2 fully saturated rings. The van der Waals surface area contributed by atoms with Crippen molar-refractivity contribution in [1.82, 2.24) is 15.1 Å². The van der Waals surface area contributed by atoms with E-state index in [2.05, 4.69) is 24.3 Å². The first-order valence-corrected chi connectivity index (χ1v) is 10.5. The Morgan fingerprint density at radius 3 is 2.45 bits per heavy atom. The zero-order valence-electron chi connectivity index (χ0n) is 17.4. The Hall–Kier alpha value is -2.63. The molecule has 0 saturated heterocycles. The molecule has 1 heterocycles. The van der Waals surface area contributed by atoms with E-state index in [0.29, 0.717) is 12.5 Å². The monoisotopic (exact) mass is 395 g/mol. The highest BCUT2D eigenvalue weighted by Crippen LogP contribution is 2.48. The molecule has 2 aromatic rings. The van der Waals surface area contributed by atoms with Crippen LogP contribution in [-0.4, -0.2) is 28.8 Å². The van der Waals surface area contributed by atoms with E-state index in [1.165, 1.54) is 4.68 Å². The number of carbonyl (C=O) groups is 1. The number of ether oxygens (including phenoxy) is 1.